The van der Waals surface area contributed by atoms with Crippen molar-refractivity contribution in [3.05, 3.63) is 124 Å². The number of carbonyl (C=O) groups excluding carboxylic acids is 4. The number of fused-ring (bicyclic) bond motifs is 8. The molecule has 1 unspecified atom stereocenters. The number of benzene rings is 5. The topological polar surface area (TPSA) is 168 Å². The van der Waals surface area contributed by atoms with Crippen molar-refractivity contribution in [2.45, 2.75) is 95.6 Å². The molecule has 0 fully saturated rings. The largest absolute Gasteiger partial charge is 0.493 e. The number of aliphatic hydroxyl groups is 1. The summed E-state index contributed by atoms with van der Waals surface area (Å²) in [5.74, 6) is 1.97. The van der Waals surface area contributed by atoms with Gasteiger partial charge in [-0.05, 0) is 111 Å². The average molecular weight is 972 g/mol. The van der Waals surface area contributed by atoms with Crippen LogP contribution in [0, 0.1) is 0 Å². The lowest BCUT2D eigenvalue weighted by Crippen LogP contribution is -2.45. The van der Waals surface area contributed by atoms with Gasteiger partial charge >= 0.3 is 0 Å². The number of rotatable bonds is 18. The maximum Gasteiger partial charge on any atom is 0.260 e. The van der Waals surface area contributed by atoms with Gasteiger partial charge in [-0.1, -0.05) is 58.0 Å². The first kappa shape index (κ1) is 47.7. The van der Waals surface area contributed by atoms with E-state index >= 15 is 0 Å². The van der Waals surface area contributed by atoms with E-state index in [1.165, 1.54) is 7.11 Å². The van der Waals surface area contributed by atoms with Gasteiger partial charge in [-0.25, -0.2) is 0 Å². The van der Waals surface area contributed by atoms with Gasteiger partial charge in [0.1, 0.15) is 25.2 Å². The Hall–Kier alpha value is -6.36. The number of aliphatic hydroxyl groups excluding tert-OH is 1. The third-order valence-corrected chi connectivity index (χ3v) is 16.3. The molecule has 0 aromatic heterocycles. The second-order valence-electron chi connectivity index (χ2n) is 18.4. The standard InChI is InChI=1S/C53H57N5O9S2/c1-31(59)16-17-53(2,3)69-68-18-10-15-49(60)55-36-20-32(29-66-47-26-40-38(24-45(47)64-4)51(62)57-37(28-54-40)22-34-11-6-8-13-42(34)57)19-33(21-36)30-67-48-27-41-39(25-46(48)65-5)52(63)58-43-14-9-7-12-35(43)23-44(58)50(61)56-41/h6-9,11-14,19-21,24-27,37,44,50,54,56,61H,10,15-18,22-23,28-30H2,1-5H3,(H,55,60)/t37-,44-,50?/m0/s1. The number of Topliss-reactive ketones (excluding diaryl/α,β-unsaturated/α-hetero) is 1. The van der Waals surface area contributed by atoms with Crippen LogP contribution in [0.15, 0.2) is 91.0 Å². The Bertz CT molecular complexity index is 2800. The summed E-state index contributed by atoms with van der Waals surface area (Å²) in [6.45, 7) is 6.58. The highest BCUT2D eigenvalue weighted by Crippen LogP contribution is 2.44. The van der Waals surface area contributed by atoms with Crippen LogP contribution in [0.25, 0.3) is 0 Å². The molecule has 0 saturated heterocycles. The molecule has 69 heavy (non-hydrogen) atoms. The SMILES string of the molecule is COc1cc2c(cc1OCc1cc(COc3cc4c(cc3OC)C(=O)N3c5ccccc5C[C@H]3C(O)N4)cc(NC(=O)CCCSSC(C)(C)CCC(C)=O)c1)NC[C@@H]1Cc3ccccc3N1C2=O. The molecule has 4 N–H and O–H groups in total. The Balaban J connectivity index is 0.934. The summed E-state index contributed by atoms with van der Waals surface area (Å²) < 4.78 is 24.4. The van der Waals surface area contributed by atoms with Crippen LogP contribution in [0.1, 0.15) is 89.4 Å². The van der Waals surface area contributed by atoms with Crippen molar-refractivity contribution in [3.63, 3.8) is 0 Å². The molecule has 5 aromatic carbocycles. The average Bonchev–Trinajstić information content (AvgIpc) is 3.86. The van der Waals surface area contributed by atoms with E-state index in [9.17, 15) is 24.3 Å². The van der Waals surface area contributed by atoms with Gasteiger partial charge in [0.2, 0.25) is 5.91 Å². The van der Waals surface area contributed by atoms with Gasteiger partial charge in [0, 0.05) is 59.1 Å². The van der Waals surface area contributed by atoms with Crippen LogP contribution in [-0.2, 0) is 35.6 Å². The number of ether oxygens (including phenoxy) is 4. The van der Waals surface area contributed by atoms with Crippen molar-refractivity contribution < 1.29 is 43.2 Å². The lowest BCUT2D eigenvalue weighted by molar-refractivity contribution is -0.117. The summed E-state index contributed by atoms with van der Waals surface area (Å²) >= 11 is 0. The van der Waals surface area contributed by atoms with E-state index in [2.05, 4.69) is 35.9 Å². The van der Waals surface area contributed by atoms with Gasteiger partial charge in [-0.3, -0.25) is 14.4 Å². The van der Waals surface area contributed by atoms with E-state index in [0.29, 0.717) is 89.0 Å². The summed E-state index contributed by atoms with van der Waals surface area (Å²) in [7, 11) is 6.50. The molecular formula is C53H57N5O9S2. The number of para-hydroxylation sites is 2. The minimum Gasteiger partial charge on any atom is -0.493 e. The Labute approximate surface area is 410 Å². The Morgan fingerprint density at radius 3 is 2.01 bits per heavy atom. The molecule has 4 aliphatic rings. The van der Waals surface area contributed by atoms with Crippen LogP contribution in [-0.4, -0.2) is 78.2 Å². The van der Waals surface area contributed by atoms with Crippen LogP contribution in [0.5, 0.6) is 23.0 Å². The number of methoxy groups -OCH3 is 2. The molecule has 0 radical (unpaired) electrons. The van der Waals surface area contributed by atoms with Crippen LogP contribution >= 0.6 is 21.6 Å². The number of hydrogen-bond donors (Lipinski definition) is 4. The van der Waals surface area contributed by atoms with E-state index in [1.807, 2.05) is 65.6 Å². The molecule has 3 amide bonds. The molecule has 3 atom stereocenters. The second-order valence-corrected chi connectivity index (χ2v) is 21.6. The zero-order valence-corrected chi connectivity index (χ0v) is 41.0. The molecule has 4 heterocycles. The van der Waals surface area contributed by atoms with Gasteiger partial charge in [0.05, 0.1) is 48.8 Å². The number of carbonyl (C=O) groups is 4. The van der Waals surface area contributed by atoms with E-state index in [0.717, 1.165) is 46.7 Å². The number of anilines is 5. The summed E-state index contributed by atoms with van der Waals surface area (Å²) in [6.07, 6.45) is 2.54. The first-order valence-corrected chi connectivity index (χ1v) is 25.5. The third-order valence-electron chi connectivity index (χ3n) is 12.9. The van der Waals surface area contributed by atoms with Crippen LogP contribution < -0.4 is 44.7 Å². The summed E-state index contributed by atoms with van der Waals surface area (Å²) in [5, 5.41) is 21.1. The van der Waals surface area contributed by atoms with Crippen molar-refractivity contribution in [2.75, 3.05) is 52.3 Å². The molecular weight excluding hydrogens is 915 g/mol. The summed E-state index contributed by atoms with van der Waals surface area (Å²) in [4.78, 5) is 56.7. The van der Waals surface area contributed by atoms with E-state index < -0.39 is 12.3 Å². The molecule has 14 nitrogen and oxygen atoms in total. The zero-order valence-electron chi connectivity index (χ0n) is 39.4. The second kappa shape index (κ2) is 20.3. The molecule has 9 rings (SSSR count). The fourth-order valence-electron chi connectivity index (χ4n) is 9.41. The molecule has 16 heteroatoms. The van der Waals surface area contributed by atoms with Crippen molar-refractivity contribution >= 4 is 73.5 Å². The highest BCUT2D eigenvalue weighted by atomic mass is 33.1. The molecule has 0 spiro atoms. The maximum atomic E-state index is 14.1. The van der Waals surface area contributed by atoms with Crippen molar-refractivity contribution in [2.24, 2.45) is 0 Å². The van der Waals surface area contributed by atoms with Gasteiger partial charge in [-0.15, -0.1) is 0 Å². The Morgan fingerprint density at radius 1 is 0.768 bits per heavy atom. The molecule has 5 aromatic rings. The van der Waals surface area contributed by atoms with E-state index in [4.69, 9.17) is 18.9 Å². The quantitative estimate of drug-likeness (QED) is 0.0485. The van der Waals surface area contributed by atoms with Gasteiger partial charge < -0.3 is 54.6 Å². The van der Waals surface area contributed by atoms with Gasteiger partial charge in [0.25, 0.3) is 11.8 Å². The van der Waals surface area contributed by atoms with Crippen molar-refractivity contribution in [1.82, 2.24) is 0 Å². The lowest BCUT2D eigenvalue weighted by atomic mass is 10.1. The normalized spacial score (nSPS) is 17.7. The zero-order chi connectivity index (χ0) is 48.4. The van der Waals surface area contributed by atoms with Gasteiger partial charge in [0.15, 0.2) is 23.0 Å². The highest BCUT2D eigenvalue weighted by molar-refractivity contribution is 8.77. The Morgan fingerprint density at radius 2 is 1.36 bits per heavy atom. The molecule has 0 bridgehead atoms. The number of nitrogens with one attached hydrogen (secondary N) is 3. The fourth-order valence-corrected chi connectivity index (χ4v) is 12.1. The lowest BCUT2D eigenvalue weighted by Gasteiger charge is -2.26. The molecule has 0 saturated carbocycles. The smallest absolute Gasteiger partial charge is 0.260 e. The molecule has 0 aliphatic carbocycles. The number of amides is 3. The molecule has 360 valence electrons. The molecule has 4 aliphatic heterocycles. The van der Waals surface area contributed by atoms with Crippen molar-refractivity contribution in [3.8, 4) is 23.0 Å². The number of ketones is 1. The summed E-state index contributed by atoms with van der Waals surface area (Å²) in [6, 6.07) is 27.6. The van der Waals surface area contributed by atoms with Gasteiger partial charge in [-0.2, -0.15) is 0 Å². The van der Waals surface area contributed by atoms with Crippen molar-refractivity contribution in [1.29, 1.82) is 0 Å². The first-order valence-electron chi connectivity index (χ1n) is 23.2. The minimum atomic E-state index is -1.04. The maximum absolute atomic E-state index is 14.1. The number of nitrogens with zero attached hydrogens (tertiary/aromatic N) is 2. The van der Waals surface area contributed by atoms with Crippen LogP contribution in [0.2, 0.25) is 0 Å². The minimum absolute atomic E-state index is 0.0309. The number of hydrogen-bond acceptors (Lipinski definition) is 13. The third kappa shape index (κ3) is 10.3. The predicted molar refractivity (Wildman–Crippen MR) is 273 cm³/mol. The van der Waals surface area contributed by atoms with E-state index in [-0.39, 0.29) is 47.5 Å². The Kier molecular flexibility index (Phi) is 14.0. The predicted octanol–water partition coefficient (Wildman–Crippen LogP) is 9.42. The highest BCUT2D eigenvalue weighted by Gasteiger charge is 2.42. The first-order chi connectivity index (χ1) is 33.3. The van der Waals surface area contributed by atoms with Crippen LogP contribution in [0.3, 0.4) is 0 Å². The van der Waals surface area contributed by atoms with E-state index in [1.54, 1.807) is 64.8 Å². The monoisotopic (exact) mass is 971 g/mol. The van der Waals surface area contributed by atoms with Crippen LogP contribution in [0.4, 0.5) is 28.4 Å². The summed E-state index contributed by atoms with van der Waals surface area (Å²) in [5.41, 5.74) is 7.72. The fraction of sp³-hybridized carbons (Fsp3) is 0.358.